The zero-order chi connectivity index (χ0) is 12.1. The second-order valence-corrected chi connectivity index (χ2v) is 4.28. The van der Waals surface area contributed by atoms with Crippen LogP contribution in [0.1, 0.15) is 25.3 Å². The second kappa shape index (κ2) is 5.53. The van der Waals surface area contributed by atoms with E-state index in [0.717, 1.165) is 36.0 Å². The summed E-state index contributed by atoms with van der Waals surface area (Å²) < 4.78 is 0. The van der Waals surface area contributed by atoms with Gasteiger partial charge in [0.2, 0.25) is 0 Å². The highest BCUT2D eigenvalue weighted by Crippen LogP contribution is 2.32. The Labute approximate surface area is 103 Å². The van der Waals surface area contributed by atoms with Gasteiger partial charge in [-0.2, -0.15) is 0 Å². The minimum absolute atomic E-state index is 0.437. The summed E-state index contributed by atoms with van der Waals surface area (Å²) in [7, 11) is 0. The maximum absolute atomic E-state index is 10.3. The van der Waals surface area contributed by atoms with Crippen LogP contribution < -0.4 is 0 Å². The molecule has 0 aliphatic heterocycles. The normalized spacial score (nSPS) is 10.4. The van der Waals surface area contributed by atoms with Crippen molar-refractivity contribution < 1.29 is 5.11 Å². The Hall–Kier alpha value is -1.76. The zero-order valence-corrected chi connectivity index (χ0v) is 10.2. The highest BCUT2D eigenvalue weighted by atomic mass is 16.3. The van der Waals surface area contributed by atoms with Gasteiger partial charge in [0.1, 0.15) is 5.75 Å². The van der Waals surface area contributed by atoms with Gasteiger partial charge < -0.3 is 5.11 Å². The van der Waals surface area contributed by atoms with Crippen LogP contribution in [0.4, 0.5) is 0 Å². The quantitative estimate of drug-likeness (QED) is 0.819. The first kappa shape index (κ1) is 11.7. The highest BCUT2D eigenvalue weighted by molar-refractivity contribution is 5.71. The van der Waals surface area contributed by atoms with Crippen LogP contribution in [0.5, 0.6) is 5.75 Å². The first-order chi connectivity index (χ1) is 8.33. The molecule has 0 unspecified atom stereocenters. The maximum atomic E-state index is 10.3. The number of aromatic hydroxyl groups is 1. The van der Waals surface area contributed by atoms with E-state index in [2.05, 4.69) is 6.92 Å². The Balaban J connectivity index is 2.36. The summed E-state index contributed by atoms with van der Waals surface area (Å²) in [6, 6.07) is 16.0. The van der Waals surface area contributed by atoms with Crippen LogP contribution in [-0.2, 0) is 6.42 Å². The van der Waals surface area contributed by atoms with Gasteiger partial charge in [0, 0.05) is 5.56 Å². The summed E-state index contributed by atoms with van der Waals surface area (Å²) in [5.74, 6) is 0.437. The number of hydrogen-bond acceptors (Lipinski definition) is 1. The molecule has 88 valence electrons. The van der Waals surface area contributed by atoms with Crippen LogP contribution in [-0.4, -0.2) is 5.11 Å². The van der Waals surface area contributed by atoms with Crippen LogP contribution in [0.15, 0.2) is 48.5 Å². The molecular weight excluding hydrogens is 208 g/mol. The lowest BCUT2D eigenvalue weighted by Gasteiger charge is -2.09. The topological polar surface area (TPSA) is 20.2 Å². The molecule has 0 saturated heterocycles. The van der Waals surface area contributed by atoms with Crippen LogP contribution >= 0.6 is 0 Å². The number of phenols is 1. The van der Waals surface area contributed by atoms with E-state index in [-0.39, 0.29) is 0 Å². The molecule has 0 aliphatic rings. The summed E-state index contributed by atoms with van der Waals surface area (Å²) in [5, 5.41) is 10.3. The Morgan fingerprint density at radius 1 is 0.941 bits per heavy atom. The minimum atomic E-state index is 0.437. The van der Waals surface area contributed by atoms with Crippen molar-refractivity contribution in [2.24, 2.45) is 0 Å². The van der Waals surface area contributed by atoms with E-state index in [1.54, 1.807) is 0 Å². The molecule has 0 bridgehead atoms. The average molecular weight is 226 g/mol. The Morgan fingerprint density at radius 2 is 1.71 bits per heavy atom. The van der Waals surface area contributed by atoms with E-state index in [4.69, 9.17) is 0 Å². The van der Waals surface area contributed by atoms with Gasteiger partial charge in [-0.05, 0) is 24.0 Å². The molecule has 2 aromatic rings. The van der Waals surface area contributed by atoms with E-state index in [0.29, 0.717) is 5.75 Å². The molecule has 0 fully saturated rings. The van der Waals surface area contributed by atoms with Crippen molar-refractivity contribution >= 4 is 0 Å². The van der Waals surface area contributed by atoms with E-state index in [1.807, 2.05) is 48.5 Å². The fourth-order valence-electron chi connectivity index (χ4n) is 2.01. The Kier molecular flexibility index (Phi) is 3.81. The molecule has 1 heteroatoms. The Bertz CT molecular complexity index is 474. The van der Waals surface area contributed by atoms with Crippen molar-refractivity contribution in [2.45, 2.75) is 26.2 Å². The fourth-order valence-corrected chi connectivity index (χ4v) is 2.01. The van der Waals surface area contributed by atoms with Crippen molar-refractivity contribution in [1.29, 1.82) is 0 Å². The van der Waals surface area contributed by atoms with E-state index in [1.165, 1.54) is 0 Å². The van der Waals surface area contributed by atoms with Gasteiger partial charge in [0.15, 0.2) is 0 Å². The van der Waals surface area contributed by atoms with Crippen molar-refractivity contribution in [3.8, 4) is 16.9 Å². The third kappa shape index (κ3) is 2.68. The molecule has 1 nitrogen and oxygen atoms in total. The van der Waals surface area contributed by atoms with Gasteiger partial charge in [0.25, 0.3) is 0 Å². The molecule has 17 heavy (non-hydrogen) atoms. The van der Waals surface area contributed by atoms with E-state index in [9.17, 15) is 5.11 Å². The summed E-state index contributed by atoms with van der Waals surface area (Å²) in [5.41, 5.74) is 3.05. The number of unbranched alkanes of at least 4 members (excludes halogenated alkanes) is 1. The fraction of sp³-hybridized carbons (Fsp3) is 0.250. The van der Waals surface area contributed by atoms with Gasteiger partial charge in [0.05, 0.1) is 0 Å². The number of para-hydroxylation sites is 1. The number of phenolic OH excluding ortho intramolecular Hbond substituents is 1. The van der Waals surface area contributed by atoms with Gasteiger partial charge in [-0.25, -0.2) is 0 Å². The number of rotatable bonds is 4. The summed E-state index contributed by atoms with van der Waals surface area (Å²) >= 11 is 0. The highest BCUT2D eigenvalue weighted by Gasteiger charge is 2.07. The van der Waals surface area contributed by atoms with Gasteiger partial charge >= 0.3 is 0 Å². The summed E-state index contributed by atoms with van der Waals surface area (Å²) in [6.45, 7) is 2.16. The minimum Gasteiger partial charge on any atom is -0.507 e. The lowest BCUT2D eigenvalue weighted by molar-refractivity contribution is 0.469. The molecule has 0 aliphatic carbocycles. The van der Waals surface area contributed by atoms with Crippen LogP contribution in [0.2, 0.25) is 0 Å². The van der Waals surface area contributed by atoms with Crippen molar-refractivity contribution in [2.75, 3.05) is 0 Å². The molecule has 0 heterocycles. The molecule has 2 aromatic carbocycles. The lowest BCUT2D eigenvalue weighted by atomic mass is 9.99. The molecule has 0 saturated carbocycles. The largest absolute Gasteiger partial charge is 0.507 e. The zero-order valence-electron chi connectivity index (χ0n) is 10.2. The monoisotopic (exact) mass is 226 g/mol. The maximum Gasteiger partial charge on any atom is 0.126 e. The second-order valence-electron chi connectivity index (χ2n) is 4.28. The third-order valence-electron chi connectivity index (χ3n) is 3.00. The molecule has 0 aromatic heterocycles. The van der Waals surface area contributed by atoms with Crippen LogP contribution in [0.3, 0.4) is 0 Å². The SMILES string of the molecule is CCCCc1cccc(-c2ccccc2)c1O. The van der Waals surface area contributed by atoms with E-state index < -0.39 is 0 Å². The van der Waals surface area contributed by atoms with Crippen molar-refractivity contribution in [3.05, 3.63) is 54.1 Å². The number of benzene rings is 2. The number of aryl methyl sites for hydroxylation is 1. The molecular formula is C16H18O. The molecule has 0 atom stereocenters. The third-order valence-corrected chi connectivity index (χ3v) is 3.00. The van der Waals surface area contributed by atoms with Gasteiger partial charge in [-0.15, -0.1) is 0 Å². The smallest absolute Gasteiger partial charge is 0.126 e. The summed E-state index contributed by atoms with van der Waals surface area (Å²) in [6.07, 6.45) is 3.21. The standard InChI is InChI=1S/C16H18O/c1-2-3-8-14-11-7-12-15(16(14)17)13-9-5-4-6-10-13/h4-7,9-12,17H,2-3,8H2,1H3. The van der Waals surface area contributed by atoms with E-state index >= 15 is 0 Å². The number of hydrogen-bond donors (Lipinski definition) is 1. The predicted molar refractivity (Wildman–Crippen MR) is 72.2 cm³/mol. The first-order valence-corrected chi connectivity index (χ1v) is 6.19. The summed E-state index contributed by atoms with van der Waals surface area (Å²) in [4.78, 5) is 0. The lowest BCUT2D eigenvalue weighted by Crippen LogP contribution is -1.88. The molecule has 0 spiro atoms. The van der Waals surface area contributed by atoms with Gasteiger partial charge in [-0.1, -0.05) is 61.9 Å². The average Bonchev–Trinajstić information content (AvgIpc) is 2.39. The molecule has 2 rings (SSSR count). The van der Waals surface area contributed by atoms with Crippen LogP contribution in [0.25, 0.3) is 11.1 Å². The first-order valence-electron chi connectivity index (χ1n) is 6.19. The van der Waals surface area contributed by atoms with Gasteiger partial charge in [-0.3, -0.25) is 0 Å². The van der Waals surface area contributed by atoms with Crippen molar-refractivity contribution in [3.63, 3.8) is 0 Å². The Morgan fingerprint density at radius 3 is 2.41 bits per heavy atom. The molecule has 0 amide bonds. The molecule has 1 N–H and O–H groups in total. The van der Waals surface area contributed by atoms with Crippen LogP contribution in [0, 0.1) is 0 Å². The predicted octanol–water partition coefficient (Wildman–Crippen LogP) is 4.40. The van der Waals surface area contributed by atoms with Crippen molar-refractivity contribution in [1.82, 2.24) is 0 Å². The molecule has 0 radical (unpaired) electrons.